The van der Waals surface area contributed by atoms with Crippen molar-refractivity contribution in [1.29, 1.82) is 0 Å². The molecule has 2 N–H and O–H groups in total. The van der Waals surface area contributed by atoms with Crippen molar-refractivity contribution < 1.29 is 23.8 Å². The molecule has 216 valence electrons. The van der Waals surface area contributed by atoms with E-state index in [0.29, 0.717) is 41.0 Å². The van der Waals surface area contributed by atoms with Crippen LogP contribution in [-0.4, -0.2) is 48.9 Å². The van der Waals surface area contributed by atoms with Crippen LogP contribution < -0.4 is 10.1 Å². The summed E-state index contributed by atoms with van der Waals surface area (Å²) in [5.41, 5.74) is 19.1. The van der Waals surface area contributed by atoms with Crippen molar-refractivity contribution in [2.45, 2.75) is 31.0 Å². The fourth-order valence-corrected chi connectivity index (χ4v) is 4.70. The first kappa shape index (κ1) is 29.9. The summed E-state index contributed by atoms with van der Waals surface area (Å²) in [5, 5.41) is 19.1. The van der Waals surface area contributed by atoms with Crippen LogP contribution in [0.4, 0.5) is 10.1 Å². The summed E-state index contributed by atoms with van der Waals surface area (Å²) < 4.78 is 25.3. The molecule has 42 heavy (non-hydrogen) atoms. The Hall–Kier alpha value is -5.09. The zero-order valence-corrected chi connectivity index (χ0v) is 22.6. The van der Waals surface area contributed by atoms with E-state index in [4.69, 9.17) is 25.1 Å². The van der Waals surface area contributed by atoms with Crippen LogP contribution in [-0.2, 0) is 22.5 Å². The van der Waals surface area contributed by atoms with Crippen molar-refractivity contribution in [2.24, 2.45) is 15.2 Å². The summed E-state index contributed by atoms with van der Waals surface area (Å²) >= 11 is 0. The number of carbonyl (C=O) groups is 1. The number of rotatable bonds is 14. The number of halogens is 1. The van der Waals surface area contributed by atoms with Crippen LogP contribution in [0.1, 0.15) is 34.8 Å². The lowest BCUT2D eigenvalue weighted by Gasteiger charge is -2.32. The van der Waals surface area contributed by atoms with Crippen LogP contribution >= 0.6 is 0 Å². The average molecular weight is 573 g/mol. The number of aliphatic hydroxyl groups is 1. The molecule has 0 unspecified atom stereocenters. The minimum atomic E-state index is -1.66. The van der Waals surface area contributed by atoms with Crippen molar-refractivity contribution >= 4 is 17.5 Å². The first-order valence-corrected chi connectivity index (χ1v) is 13.2. The van der Waals surface area contributed by atoms with Gasteiger partial charge < -0.3 is 19.9 Å². The molecule has 0 spiro atoms. The second kappa shape index (κ2) is 14.5. The van der Waals surface area contributed by atoms with E-state index in [1.54, 1.807) is 72.8 Å². The smallest absolute Gasteiger partial charge is 0.252 e. The highest BCUT2D eigenvalue weighted by Gasteiger charge is 2.54. The number of aliphatic hydroxyl groups excluding tert-OH is 1. The number of ether oxygens (including phenoxy) is 2. The molecule has 1 aliphatic rings. The molecule has 2 atom stereocenters. The highest BCUT2D eigenvalue weighted by molar-refractivity contribution is 6.01. The number of alkyl halides is 1. The predicted octanol–water partition coefficient (Wildman–Crippen LogP) is 5.79. The fraction of sp³-hybridized carbons (Fsp3) is 0.310. The third-order valence-corrected chi connectivity index (χ3v) is 6.66. The number of hydrogen-bond donors (Lipinski definition) is 2. The van der Waals surface area contributed by atoms with Crippen LogP contribution in [0.25, 0.3) is 20.9 Å². The van der Waals surface area contributed by atoms with Crippen molar-refractivity contribution in [1.82, 2.24) is 5.32 Å². The van der Waals surface area contributed by atoms with Crippen molar-refractivity contribution in [3.8, 4) is 5.75 Å². The number of azide groups is 2. The molecule has 0 saturated carbocycles. The normalized spacial score (nSPS) is 17.3. The van der Waals surface area contributed by atoms with E-state index in [-0.39, 0.29) is 37.7 Å². The molecule has 0 fully saturated rings. The van der Waals surface area contributed by atoms with Gasteiger partial charge in [0.1, 0.15) is 12.4 Å². The quantitative estimate of drug-likeness (QED) is 0.108. The van der Waals surface area contributed by atoms with Gasteiger partial charge in [0.25, 0.3) is 5.91 Å². The summed E-state index contributed by atoms with van der Waals surface area (Å²) in [6, 6.07) is 20.8. The fourth-order valence-electron chi connectivity index (χ4n) is 4.70. The van der Waals surface area contributed by atoms with E-state index in [1.165, 1.54) is 0 Å². The van der Waals surface area contributed by atoms with Gasteiger partial charge in [-0.15, -0.1) is 0 Å². The van der Waals surface area contributed by atoms with Gasteiger partial charge in [0.2, 0.25) is 5.90 Å². The predicted molar refractivity (Wildman–Crippen MR) is 154 cm³/mol. The molecule has 12 nitrogen and oxygen atoms in total. The molecule has 1 aliphatic heterocycles. The molecule has 4 rings (SSSR count). The Morgan fingerprint density at radius 1 is 1.07 bits per heavy atom. The molecule has 13 heteroatoms. The van der Waals surface area contributed by atoms with Gasteiger partial charge >= 0.3 is 0 Å². The highest BCUT2D eigenvalue weighted by atomic mass is 19.1. The SMILES string of the molecule is [N-]=[N+]=NCc1ccccc1C[C@@]1(C(=O)NCCF)N=C(c2ccc(OCCCO)cc2)O[C@@H]1c1ccccc1N=[N+]=[N-]. The second-order valence-corrected chi connectivity index (χ2v) is 9.32. The van der Waals surface area contributed by atoms with E-state index in [0.717, 1.165) is 0 Å². The molecule has 0 radical (unpaired) electrons. The zero-order valence-electron chi connectivity index (χ0n) is 22.6. The first-order valence-electron chi connectivity index (χ1n) is 13.2. The minimum Gasteiger partial charge on any atom is -0.494 e. The van der Waals surface area contributed by atoms with E-state index < -0.39 is 24.2 Å². The van der Waals surface area contributed by atoms with Crippen LogP contribution in [0.3, 0.4) is 0 Å². The van der Waals surface area contributed by atoms with Gasteiger partial charge in [0, 0.05) is 52.6 Å². The third-order valence-electron chi connectivity index (χ3n) is 6.66. The lowest BCUT2D eigenvalue weighted by molar-refractivity contribution is -0.129. The first-order chi connectivity index (χ1) is 20.6. The molecule has 0 aromatic heterocycles. The van der Waals surface area contributed by atoms with Crippen LogP contribution in [0.15, 0.2) is 88.0 Å². The lowest BCUT2D eigenvalue weighted by Crippen LogP contribution is -2.50. The lowest BCUT2D eigenvalue weighted by atomic mass is 9.80. The third kappa shape index (κ3) is 6.79. The van der Waals surface area contributed by atoms with E-state index in [9.17, 15) is 14.7 Å². The molecular weight excluding hydrogens is 543 g/mol. The number of amides is 1. The molecule has 1 heterocycles. The maximum Gasteiger partial charge on any atom is 0.252 e. The summed E-state index contributed by atoms with van der Waals surface area (Å²) in [6.07, 6.45) is -0.577. The Balaban J connectivity index is 1.86. The number of hydrogen-bond acceptors (Lipinski definition) is 7. The number of carbonyl (C=O) groups excluding carboxylic acids is 1. The van der Waals surface area contributed by atoms with Crippen molar-refractivity contribution in [2.75, 3.05) is 26.4 Å². The summed E-state index contributed by atoms with van der Waals surface area (Å²) in [4.78, 5) is 24.7. The molecule has 0 bridgehead atoms. The Morgan fingerprint density at radius 2 is 1.81 bits per heavy atom. The zero-order chi connectivity index (χ0) is 29.8. The maximum atomic E-state index is 14.0. The summed E-state index contributed by atoms with van der Waals surface area (Å²) in [6.45, 7) is -0.622. The van der Waals surface area contributed by atoms with E-state index in [1.807, 2.05) is 0 Å². The van der Waals surface area contributed by atoms with Gasteiger partial charge in [-0.1, -0.05) is 58.8 Å². The van der Waals surface area contributed by atoms with E-state index in [2.05, 4.69) is 25.4 Å². The summed E-state index contributed by atoms with van der Waals surface area (Å²) in [7, 11) is 0. The maximum absolute atomic E-state index is 14.0. The van der Waals surface area contributed by atoms with Gasteiger partial charge in [0.05, 0.1) is 13.2 Å². The Morgan fingerprint density at radius 3 is 2.52 bits per heavy atom. The van der Waals surface area contributed by atoms with E-state index >= 15 is 0 Å². The molecule has 3 aromatic rings. The molecule has 0 saturated heterocycles. The van der Waals surface area contributed by atoms with Gasteiger partial charge in [0.15, 0.2) is 11.6 Å². The second-order valence-electron chi connectivity index (χ2n) is 9.32. The summed E-state index contributed by atoms with van der Waals surface area (Å²) in [5.74, 6) is 0.147. The van der Waals surface area contributed by atoms with Gasteiger partial charge in [-0.3, -0.25) is 4.79 Å². The van der Waals surface area contributed by atoms with Crippen LogP contribution in [0.5, 0.6) is 5.75 Å². The molecule has 0 aliphatic carbocycles. The number of benzene rings is 3. The standard InChI is InChI=1S/C29H29FN8O4/c30-14-15-33-28(40)29(18-21-6-1-2-7-22(21)19-34-37-31)26(24-8-3-4-9-25(24)36-38-32)42-27(35-29)20-10-12-23(13-11-20)41-17-5-16-39/h1-4,6-13,26,39H,5,14-19H2,(H,33,40)/t26-,29-/m1/s1. The average Bonchev–Trinajstić information content (AvgIpc) is 3.40. The van der Waals surface area contributed by atoms with Crippen molar-refractivity contribution in [3.63, 3.8) is 0 Å². The number of aliphatic imine (C=N–C) groups is 1. The van der Waals surface area contributed by atoms with Gasteiger partial charge in [-0.2, -0.15) is 0 Å². The van der Waals surface area contributed by atoms with Crippen LogP contribution in [0, 0.1) is 0 Å². The topological polar surface area (TPSA) is 178 Å². The van der Waals surface area contributed by atoms with Gasteiger partial charge in [-0.05, 0) is 46.5 Å². The monoisotopic (exact) mass is 572 g/mol. The van der Waals surface area contributed by atoms with Crippen LogP contribution in [0.2, 0.25) is 0 Å². The molecule has 3 aromatic carbocycles. The minimum absolute atomic E-state index is 0.00334. The van der Waals surface area contributed by atoms with Crippen molar-refractivity contribution in [3.05, 3.63) is 116 Å². The Labute approximate surface area is 241 Å². The number of nitrogens with zero attached hydrogens (tertiary/aromatic N) is 7. The van der Waals surface area contributed by atoms with Gasteiger partial charge in [-0.25, -0.2) is 9.38 Å². The molecule has 1 amide bonds. The highest BCUT2D eigenvalue weighted by Crippen LogP contribution is 2.45. The Bertz CT molecular complexity index is 1520. The molecular formula is C29H29FN8O4. The Kier molecular flexibility index (Phi) is 10.3. The largest absolute Gasteiger partial charge is 0.494 e. The number of nitrogens with one attached hydrogen (secondary N) is 1.